The van der Waals surface area contributed by atoms with Crippen molar-refractivity contribution in [3.8, 4) is 0 Å². The van der Waals surface area contributed by atoms with Crippen molar-refractivity contribution in [2.24, 2.45) is 0 Å². The quantitative estimate of drug-likeness (QED) is 0.799. The molecule has 0 spiro atoms. The third kappa shape index (κ3) is 2.75. The van der Waals surface area contributed by atoms with Gasteiger partial charge in [-0.05, 0) is 47.5 Å². The van der Waals surface area contributed by atoms with Gasteiger partial charge in [0, 0.05) is 23.2 Å². The Bertz CT molecular complexity index is 807. The summed E-state index contributed by atoms with van der Waals surface area (Å²) in [6.07, 6.45) is 0. The fourth-order valence-electron chi connectivity index (χ4n) is 2.50. The molecule has 0 saturated heterocycles. The highest BCUT2D eigenvalue weighted by atomic mass is 79.9. The number of hydrogen-bond acceptors (Lipinski definition) is 3. The van der Waals surface area contributed by atoms with Crippen LogP contribution in [0.3, 0.4) is 0 Å². The molecule has 2 aromatic carbocycles. The lowest BCUT2D eigenvalue weighted by Gasteiger charge is -2.18. The summed E-state index contributed by atoms with van der Waals surface area (Å²) in [4.78, 5) is 1.71. The van der Waals surface area contributed by atoms with Crippen LogP contribution in [0, 0.1) is 0 Å². The second-order valence-electron chi connectivity index (χ2n) is 5.07. The summed E-state index contributed by atoms with van der Waals surface area (Å²) < 4.78 is 48.9. The van der Waals surface area contributed by atoms with Gasteiger partial charge in [-0.15, -0.1) is 0 Å². The van der Waals surface area contributed by atoms with Crippen LogP contribution in [0.1, 0.15) is 11.1 Å². The Morgan fingerprint density at radius 2 is 1.64 bits per heavy atom. The van der Waals surface area contributed by atoms with Gasteiger partial charge >= 0.3 is 5.76 Å². The summed E-state index contributed by atoms with van der Waals surface area (Å²) in [5.41, 5.74) is 3.20. The maximum Gasteiger partial charge on any atom is 0.341 e. The second-order valence-corrected chi connectivity index (χ2v) is 7.90. The molecule has 0 aromatic heterocycles. The molecule has 0 atom stereocenters. The lowest BCUT2D eigenvalue weighted by molar-refractivity contribution is 0.234. The van der Waals surface area contributed by atoms with Gasteiger partial charge in [0.05, 0.1) is 4.90 Å². The third-order valence-electron chi connectivity index (χ3n) is 3.66. The summed E-state index contributed by atoms with van der Waals surface area (Å²) in [5.74, 6) is -3.40. The molecule has 1 aliphatic rings. The van der Waals surface area contributed by atoms with E-state index in [1.54, 1.807) is 12.1 Å². The molecule has 0 radical (unpaired) electrons. The van der Waals surface area contributed by atoms with Gasteiger partial charge in [0.15, 0.2) is 0 Å². The zero-order valence-corrected chi connectivity index (χ0v) is 13.7. The van der Waals surface area contributed by atoms with E-state index < -0.39 is 15.6 Å². The number of benzene rings is 2. The largest absolute Gasteiger partial charge is 0.363 e. The summed E-state index contributed by atoms with van der Waals surface area (Å²) >= 11 is 3.43. The van der Waals surface area contributed by atoms with E-state index in [1.807, 2.05) is 18.2 Å². The number of rotatable bonds is 3. The molecule has 0 saturated carbocycles. The predicted octanol–water partition coefficient (Wildman–Crippen LogP) is 3.97. The van der Waals surface area contributed by atoms with E-state index in [0.29, 0.717) is 13.1 Å². The van der Waals surface area contributed by atoms with Gasteiger partial charge in [0.2, 0.25) is 9.84 Å². The van der Waals surface area contributed by atoms with Crippen LogP contribution in [0.15, 0.2) is 51.8 Å². The number of hydrogen-bond donors (Lipinski definition) is 0. The van der Waals surface area contributed by atoms with E-state index in [2.05, 4.69) is 20.8 Å². The molecule has 22 heavy (non-hydrogen) atoms. The molecule has 1 heterocycles. The average Bonchev–Trinajstić information content (AvgIpc) is 2.90. The first-order chi connectivity index (χ1) is 10.4. The lowest BCUT2D eigenvalue weighted by Crippen LogP contribution is -2.15. The molecule has 116 valence electrons. The Hall–Kier alpha value is -1.47. The standard InChI is InChI=1S/C15H12BrF2NO2S/c16-12-2-1-10-8-19(9-11(10)7-12)13-3-5-14(6-4-13)22(20,21)15(17)18/h1-7,15H,8-9H2. The minimum Gasteiger partial charge on any atom is -0.363 e. The van der Waals surface area contributed by atoms with E-state index >= 15 is 0 Å². The lowest BCUT2D eigenvalue weighted by atomic mass is 10.1. The van der Waals surface area contributed by atoms with Crippen LogP contribution in [-0.2, 0) is 22.9 Å². The van der Waals surface area contributed by atoms with E-state index in [0.717, 1.165) is 10.2 Å². The maximum absolute atomic E-state index is 12.5. The highest BCUT2D eigenvalue weighted by molar-refractivity contribution is 9.10. The van der Waals surface area contributed by atoms with Crippen molar-refractivity contribution in [3.05, 3.63) is 58.1 Å². The van der Waals surface area contributed by atoms with E-state index in [9.17, 15) is 17.2 Å². The summed E-state index contributed by atoms with van der Waals surface area (Å²) in [6, 6.07) is 11.7. The maximum atomic E-state index is 12.5. The van der Waals surface area contributed by atoms with Gasteiger partial charge in [0.1, 0.15) is 0 Å². The molecular formula is C15H12BrF2NO2S. The highest BCUT2D eigenvalue weighted by Gasteiger charge is 2.27. The van der Waals surface area contributed by atoms with Crippen LogP contribution in [-0.4, -0.2) is 14.2 Å². The minimum absolute atomic E-state index is 0.356. The second kappa shape index (κ2) is 5.62. The van der Waals surface area contributed by atoms with Crippen LogP contribution in [0.5, 0.6) is 0 Å². The molecule has 0 unspecified atom stereocenters. The molecule has 0 bridgehead atoms. The first-order valence-corrected chi connectivity index (χ1v) is 8.86. The van der Waals surface area contributed by atoms with Crippen molar-refractivity contribution >= 4 is 31.5 Å². The number of fused-ring (bicyclic) bond motifs is 1. The first kappa shape index (κ1) is 15.4. The van der Waals surface area contributed by atoms with E-state index in [4.69, 9.17) is 0 Å². The summed E-state index contributed by atoms with van der Waals surface area (Å²) in [6.45, 7) is 1.42. The van der Waals surface area contributed by atoms with Gasteiger partial charge in [-0.2, -0.15) is 8.78 Å². The Balaban J connectivity index is 1.84. The van der Waals surface area contributed by atoms with Crippen LogP contribution in [0.25, 0.3) is 0 Å². The Morgan fingerprint density at radius 3 is 2.27 bits per heavy atom. The topological polar surface area (TPSA) is 37.4 Å². The highest BCUT2D eigenvalue weighted by Crippen LogP contribution is 2.31. The van der Waals surface area contributed by atoms with Crippen molar-refractivity contribution in [3.63, 3.8) is 0 Å². The zero-order valence-electron chi connectivity index (χ0n) is 11.3. The summed E-state index contributed by atoms with van der Waals surface area (Å²) in [5, 5.41) is 0. The van der Waals surface area contributed by atoms with Gasteiger partial charge < -0.3 is 4.90 Å². The molecule has 0 fully saturated rings. The fraction of sp³-hybridized carbons (Fsp3) is 0.200. The fourth-order valence-corrected chi connectivity index (χ4v) is 3.62. The van der Waals surface area contributed by atoms with E-state index in [1.165, 1.54) is 23.3 Å². The molecule has 0 aliphatic carbocycles. The van der Waals surface area contributed by atoms with Crippen LogP contribution >= 0.6 is 15.9 Å². The number of halogens is 3. The minimum atomic E-state index is -4.53. The van der Waals surface area contributed by atoms with E-state index in [-0.39, 0.29) is 4.90 Å². The molecule has 3 nitrogen and oxygen atoms in total. The number of anilines is 1. The Kier molecular flexibility index (Phi) is 3.94. The SMILES string of the molecule is O=S(=O)(c1ccc(N2Cc3ccc(Br)cc3C2)cc1)C(F)F. The molecule has 0 amide bonds. The van der Waals surface area contributed by atoms with Crippen molar-refractivity contribution in [1.82, 2.24) is 0 Å². The average molecular weight is 388 g/mol. The first-order valence-electron chi connectivity index (χ1n) is 6.52. The Labute approximate surface area is 135 Å². The van der Waals surface area contributed by atoms with Gasteiger partial charge in [-0.1, -0.05) is 22.0 Å². The van der Waals surface area contributed by atoms with Crippen molar-refractivity contribution in [1.29, 1.82) is 0 Å². The summed E-state index contributed by atoms with van der Waals surface area (Å²) in [7, 11) is -4.53. The van der Waals surface area contributed by atoms with Crippen molar-refractivity contribution in [2.75, 3.05) is 4.90 Å². The van der Waals surface area contributed by atoms with Crippen molar-refractivity contribution in [2.45, 2.75) is 23.7 Å². The van der Waals surface area contributed by atoms with Gasteiger partial charge in [-0.25, -0.2) is 8.42 Å². The van der Waals surface area contributed by atoms with Crippen molar-refractivity contribution < 1.29 is 17.2 Å². The van der Waals surface area contributed by atoms with Crippen LogP contribution in [0.4, 0.5) is 14.5 Å². The van der Waals surface area contributed by atoms with Gasteiger partial charge in [-0.3, -0.25) is 0 Å². The number of alkyl halides is 2. The predicted molar refractivity (Wildman–Crippen MR) is 83.7 cm³/mol. The van der Waals surface area contributed by atoms with Gasteiger partial charge in [0.25, 0.3) is 0 Å². The molecular weight excluding hydrogens is 376 g/mol. The molecule has 3 rings (SSSR count). The molecule has 0 N–H and O–H groups in total. The Morgan fingerprint density at radius 1 is 1.00 bits per heavy atom. The monoisotopic (exact) mass is 387 g/mol. The third-order valence-corrected chi connectivity index (χ3v) is 5.55. The molecule has 1 aliphatic heterocycles. The zero-order chi connectivity index (χ0) is 15.9. The number of nitrogens with zero attached hydrogens (tertiary/aromatic N) is 1. The smallest absolute Gasteiger partial charge is 0.341 e. The molecule has 2 aromatic rings. The molecule has 7 heteroatoms. The van der Waals surface area contributed by atoms with Crippen LogP contribution in [0.2, 0.25) is 0 Å². The normalized spacial score (nSPS) is 14.5. The van der Waals surface area contributed by atoms with Crippen LogP contribution < -0.4 is 4.90 Å². The number of sulfone groups is 1.